The summed E-state index contributed by atoms with van der Waals surface area (Å²) < 4.78 is 17.1. The van der Waals surface area contributed by atoms with Crippen LogP contribution in [0.25, 0.3) is 11.1 Å². The highest BCUT2D eigenvalue weighted by Gasteiger charge is 2.17. The average molecular weight is 406 g/mol. The Bertz CT molecular complexity index is 1050. The molecule has 0 spiro atoms. The molecule has 30 heavy (non-hydrogen) atoms. The number of hydrogen-bond donors (Lipinski definition) is 3. The van der Waals surface area contributed by atoms with Crippen molar-refractivity contribution in [3.63, 3.8) is 0 Å². The van der Waals surface area contributed by atoms with E-state index in [9.17, 15) is 4.79 Å². The summed E-state index contributed by atoms with van der Waals surface area (Å²) in [5.41, 5.74) is 4.48. The normalized spacial score (nSPS) is 12.2. The lowest BCUT2D eigenvalue weighted by molar-refractivity contribution is 0.172. The molecule has 1 aliphatic rings. The van der Waals surface area contributed by atoms with Gasteiger partial charge in [0.25, 0.3) is 0 Å². The molecule has 0 atom stereocenters. The second-order valence-corrected chi connectivity index (χ2v) is 6.73. The van der Waals surface area contributed by atoms with Crippen molar-refractivity contribution in [3.05, 3.63) is 66.2 Å². The molecule has 0 saturated heterocycles. The van der Waals surface area contributed by atoms with E-state index in [-0.39, 0.29) is 6.54 Å². The molecule has 154 valence electrons. The minimum absolute atomic E-state index is 0.265. The van der Waals surface area contributed by atoms with Crippen LogP contribution in [0.5, 0.6) is 17.2 Å². The first-order valence-electron chi connectivity index (χ1n) is 9.54. The highest BCUT2D eigenvalue weighted by Crippen LogP contribution is 2.42. The molecule has 0 bridgehead atoms. The van der Waals surface area contributed by atoms with E-state index in [1.54, 1.807) is 7.11 Å². The fourth-order valence-corrected chi connectivity index (χ4v) is 3.30. The predicted octanol–water partition coefficient (Wildman–Crippen LogP) is 4.64. The quantitative estimate of drug-likeness (QED) is 0.552. The third-order valence-electron chi connectivity index (χ3n) is 4.76. The average Bonchev–Trinajstić information content (AvgIpc) is 2.78. The topological polar surface area (TPSA) is 89.0 Å². The molecule has 4 rings (SSSR count). The predicted molar refractivity (Wildman–Crippen MR) is 114 cm³/mol. The van der Waals surface area contributed by atoms with E-state index < -0.39 is 6.09 Å². The van der Waals surface area contributed by atoms with Gasteiger partial charge in [-0.25, -0.2) is 4.79 Å². The number of para-hydroxylation sites is 1. The smallest absolute Gasteiger partial charge is 0.404 e. The van der Waals surface area contributed by atoms with Gasteiger partial charge in [0.15, 0.2) is 11.5 Å². The molecule has 0 radical (unpaired) electrons. The molecule has 1 aliphatic heterocycles. The lowest BCUT2D eigenvalue weighted by atomic mass is 10.0. The first-order valence-corrected chi connectivity index (χ1v) is 9.54. The number of anilines is 2. The SMILES string of the molecule is COc1cc(-c2cccc3c2OCCO3)ccc1Nc1ccc(CNC(=O)O)cc1. The number of fused-ring (bicyclic) bond motifs is 1. The summed E-state index contributed by atoms with van der Waals surface area (Å²) in [6.45, 7) is 1.34. The van der Waals surface area contributed by atoms with E-state index in [0.29, 0.717) is 19.0 Å². The van der Waals surface area contributed by atoms with Crippen LogP contribution in [0.3, 0.4) is 0 Å². The van der Waals surface area contributed by atoms with Crippen LogP contribution in [0.4, 0.5) is 16.2 Å². The summed E-state index contributed by atoms with van der Waals surface area (Å²) in [5, 5.41) is 14.4. The van der Waals surface area contributed by atoms with Gasteiger partial charge < -0.3 is 30.0 Å². The summed E-state index contributed by atoms with van der Waals surface area (Å²) in [4.78, 5) is 10.6. The van der Waals surface area contributed by atoms with Gasteiger partial charge in [-0.3, -0.25) is 0 Å². The molecule has 1 heterocycles. The van der Waals surface area contributed by atoms with Crippen LogP contribution in [0, 0.1) is 0 Å². The summed E-state index contributed by atoms with van der Waals surface area (Å²) in [7, 11) is 1.63. The Morgan fingerprint density at radius 1 is 1.07 bits per heavy atom. The van der Waals surface area contributed by atoms with Gasteiger partial charge in [-0.05, 0) is 41.5 Å². The zero-order valence-electron chi connectivity index (χ0n) is 16.5. The zero-order valence-corrected chi connectivity index (χ0v) is 16.5. The van der Waals surface area contributed by atoms with Gasteiger partial charge in [0, 0.05) is 17.8 Å². The highest BCUT2D eigenvalue weighted by molar-refractivity contribution is 5.79. The van der Waals surface area contributed by atoms with E-state index in [4.69, 9.17) is 19.3 Å². The first-order chi connectivity index (χ1) is 14.6. The Labute approximate surface area is 174 Å². The molecule has 3 aromatic carbocycles. The molecule has 1 amide bonds. The van der Waals surface area contributed by atoms with Crippen molar-refractivity contribution in [3.8, 4) is 28.4 Å². The number of benzene rings is 3. The van der Waals surface area contributed by atoms with Crippen LogP contribution in [0.1, 0.15) is 5.56 Å². The van der Waals surface area contributed by atoms with Crippen molar-refractivity contribution in [2.75, 3.05) is 25.6 Å². The second kappa shape index (κ2) is 8.65. The molecule has 3 N–H and O–H groups in total. The lowest BCUT2D eigenvalue weighted by Crippen LogP contribution is -2.19. The lowest BCUT2D eigenvalue weighted by Gasteiger charge is -2.21. The standard InChI is InChI=1S/C23H22N2O5/c1-28-21-13-16(18-3-2-4-20-22(18)30-12-11-29-20)7-10-19(21)25-17-8-5-15(6-9-17)14-24-23(26)27/h2-10,13,24-25H,11-12,14H2,1H3,(H,26,27). The van der Waals surface area contributed by atoms with Crippen molar-refractivity contribution in [2.24, 2.45) is 0 Å². The van der Waals surface area contributed by atoms with Crippen LogP contribution >= 0.6 is 0 Å². The Morgan fingerprint density at radius 3 is 2.63 bits per heavy atom. The molecule has 7 nitrogen and oxygen atoms in total. The van der Waals surface area contributed by atoms with Crippen molar-refractivity contribution >= 4 is 17.5 Å². The number of carboxylic acid groups (broad SMARTS) is 1. The van der Waals surface area contributed by atoms with Crippen molar-refractivity contribution in [1.82, 2.24) is 5.32 Å². The zero-order chi connectivity index (χ0) is 20.9. The number of ether oxygens (including phenoxy) is 3. The van der Waals surface area contributed by atoms with Gasteiger partial charge in [-0.2, -0.15) is 0 Å². The summed E-state index contributed by atoms with van der Waals surface area (Å²) in [6.07, 6.45) is -1.04. The first kappa shape index (κ1) is 19.4. The largest absolute Gasteiger partial charge is 0.495 e. The van der Waals surface area contributed by atoms with Crippen molar-refractivity contribution < 1.29 is 24.1 Å². The molecule has 3 aromatic rings. The third-order valence-corrected chi connectivity index (χ3v) is 4.76. The van der Waals surface area contributed by atoms with Gasteiger partial charge in [0.2, 0.25) is 0 Å². The van der Waals surface area contributed by atoms with E-state index >= 15 is 0 Å². The molecule has 0 saturated carbocycles. The summed E-state index contributed by atoms with van der Waals surface area (Å²) in [5.74, 6) is 2.19. The number of nitrogens with one attached hydrogen (secondary N) is 2. The van der Waals surface area contributed by atoms with E-state index in [1.165, 1.54) is 0 Å². The van der Waals surface area contributed by atoms with Crippen LogP contribution in [0.2, 0.25) is 0 Å². The number of methoxy groups -OCH3 is 1. The number of carbonyl (C=O) groups is 1. The van der Waals surface area contributed by atoms with Crippen LogP contribution in [0.15, 0.2) is 60.7 Å². The fraction of sp³-hybridized carbons (Fsp3) is 0.174. The van der Waals surface area contributed by atoms with Crippen molar-refractivity contribution in [2.45, 2.75) is 6.54 Å². The molecule has 0 fully saturated rings. The van der Waals surface area contributed by atoms with Crippen molar-refractivity contribution in [1.29, 1.82) is 0 Å². The maximum atomic E-state index is 10.6. The maximum absolute atomic E-state index is 10.6. The number of amides is 1. The maximum Gasteiger partial charge on any atom is 0.404 e. The Balaban J connectivity index is 1.55. The second-order valence-electron chi connectivity index (χ2n) is 6.73. The van der Waals surface area contributed by atoms with Gasteiger partial charge in [-0.15, -0.1) is 0 Å². The Morgan fingerprint density at radius 2 is 1.87 bits per heavy atom. The highest BCUT2D eigenvalue weighted by atomic mass is 16.6. The molecule has 0 aromatic heterocycles. The molecule has 0 aliphatic carbocycles. The van der Waals surface area contributed by atoms with Gasteiger partial charge in [-0.1, -0.05) is 30.3 Å². The van der Waals surface area contributed by atoms with Gasteiger partial charge >= 0.3 is 6.09 Å². The molecular weight excluding hydrogens is 384 g/mol. The summed E-state index contributed by atoms with van der Waals surface area (Å²) in [6, 6.07) is 19.3. The molecular formula is C23H22N2O5. The fourth-order valence-electron chi connectivity index (χ4n) is 3.30. The molecule has 0 unspecified atom stereocenters. The summed E-state index contributed by atoms with van der Waals surface area (Å²) >= 11 is 0. The van der Waals surface area contributed by atoms with Gasteiger partial charge in [0.1, 0.15) is 19.0 Å². The van der Waals surface area contributed by atoms with E-state index in [0.717, 1.165) is 39.6 Å². The minimum atomic E-state index is -1.04. The minimum Gasteiger partial charge on any atom is -0.495 e. The number of hydrogen-bond acceptors (Lipinski definition) is 5. The third kappa shape index (κ3) is 4.25. The van der Waals surface area contributed by atoms with Crippen LogP contribution < -0.4 is 24.8 Å². The van der Waals surface area contributed by atoms with Crippen LogP contribution in [-0.4, -0.2) is 31.5 Å². The Hall–Kier alpha value is -3.87. The van der Waals surface area contributed by atoms with E-state index in [1.807, 2.05) is 60.7 Å². The monoisotopic (exact) mass is 406 g/mol. The van der Waals surface area contributed by atoms with E-state index in [2.05, 4.69) is 10.6 Å². The number of rotatable bonds is 6. The van der Waals surface area contributed by atoms with Gasteiger partial charge in [0.05, 0.1) is 12.8 Å². The van der Waals surface area contributed by atoms with Crippen LogP contribution in [-0.2, 0) is 6.54 Å². The Kier molecular flexibility index (Phi) is 5.61. The molecule has 7 heteroatoms.